The van der Waals surface area contributed by atoms with Crippen LogP contribution in [0.25, 0.3) is 0 Å². The van der Waals surface area contributed by atoms with Crippen LogP contribution in [0.3, 0.4) is 0 Å². The molecule has 1 saturated heterocycles. The molecular formula is C17H28N2O2. The standard InChI is InChI=1S/C17H28N2O2/c1-3-4-5-9-19-13-17(21)16(20)10-15(19)12-18-8-6-7-14(2)11-18/h10,13-14,21H,3-9,11-12H2,1-2H3. The fourth-order valence-electron chi connectivity index (χ4n) is 3.14. The van der Waals surface area contributed by atoms with Crippen molar-refractivity contribution < 1.29 is 5.11 Å². The van der Waals surface area contributed by atoms with Gasteiger partial charge in [0.2, 0.25) is 5.43 Å². The minimum absolute atomic E-state index is 0.137. The van der Waals surface area contributed by atoms with Crippen LogP contribution in [0.1, 0.15) is 51.6 Å². The molecule has 1 aromatic rings. The lowest BCUT2D eigenvalue weighted by atomic mass is 10.0. The highest BCUT2D eigenvalue weighted by Gasteiger charge is 2.17. The van der Waals surface area contributed by atoms with Crippen molar-refractivity contribution in [3.05, 3.63) is 28.2 Å². The molecule has 0 aromatic carbocycles. The maximum Gasteiger partial charge on any atom is 0.223 e. The Morgan fingerprint density at radius 2 is 2.19 bits per heavy atom. The first-order valence-electron chi connectivity index (χ1n) is 8.24. The lowest BCUT2D eigenvalue weighted by molar-refractivity contribution is 0.172. The van der Waals surface area contributed by atoms with Crippen molar-refractivity contribution in [1.82, 2.24) is 9.47 Å². The SMILES string of the molecule is CCCCCn1cc(O)c(=O)cc1CN1CCCC(C)C1. The summed E-state index contributed by atoms with van der Waals surface area (Å²) >= 11 is 0. The monoisotopic (exact) mass is 292 g/mol. The maximum atomic E-state index is 11.7. The Balaban J connectivity index is 2.11. The van der Waals surface area contributed by atoms with Gasteiger partial charge in [-0.2, -0.15) is 0 Å². The van der Waals surface area contributed by atoms with E-state index in [0.717, 1.165) is 44.2 Å². The van der Waals surface area contributed by atoms with Crippen molar-refractivity contribution in [1.29, 1.82) is 0 Å². The third kappa shape index (κ3) is 4.60. The summed E-state index contributed by atoms with van der Waals surface area (Å²) in [5, 5.41) is 9.68. The maximum absolute atomic E-state index is 11.7. The van der Waals surface area contributed by atoms with Crippen LogP contribution in [-0.4, -0.2) is 27.7 Å². The van der Waals surface area contributed by atoms with Crippen LogP contribution in [0, 0.1) is 5.92 Å². The normalized spacial score (nSPS) is 19.8. The van der Waals surface area contributed by atoms with Crippen molar-refractivity contribution in [2.75, 3.05) is 13.1 Å². The van der Waals surface area contributed by atoms with Crippen LogP contribution in [0.2, 0.25) is 0 Å². The number of aryl methyl sites for hydroxylation is 1. The molecule has 118 valence electrons. The van der Waals surface area contributed by atoms with E-state index in [2.05, 4.69) is 23.3 Å². The number of pyridine rings is 1. The molecule has 1 aromatic heterocycles. The zero-order valence-corrected chi connectivity index (χ0v) is 13.3. The molecule has 1 unspecified atom stereocenters. The molecule has 1 N–H and O–H groups in total. The molecule has 1 fully saturated rings. The second-order valence-electron chi connectivity index (χ2n) is 6.40. The van der Waals surface area contributed by atoms with Gasteiger partial charge in [-0.3, -0.25) is 9.69 Å². The molecule has 2 rings (SSSR count). The van der Waals surface area contributed by atoms with Crippen molar-refractivity contribution >= 4 is 0 Å². The van der Waals surface area contributed by atoms with Crippen molar-refractivity contribution in [2.45, 2.75) is 59.0 Å². The van der Waals surface area contributed by atoms with Gasteiger partial charge in [0.1, 0.15) is 0 Å². The molecule has 0 spiro atoms. The number of aromatic hydroxyl groups is 1. The number of hydrogen-bond acceptors (Lipinski definition) is 3. The van der Waals surface area contributed by atoms with Gasteiger partial charge >= 0.3 is 0 Å². The lowest BCUT2D eigenvalue weighted by Crippen LogP contribution is -2.35. The number of hydrogen-bond donors (Lipinski definition) is 1. The van der Waals surface area contributed by atoms with Crippen LogP contribution < -0.4 is 5.43 Å². The molecule has 2 heterocycles. The Labute approximate surface area is 127 Å². The van der Waals surface area contributed by atoms with Crippen LogP contribution >= 0.6 is 0 Å². The van der Waals surface area contributed by atoms with Gasteiger partial charge in [-0.25, -0.2) is 0 Å². The van der Waals surface area contributed by atoms with Crippen molar-refractivity contribution in [3.63, 3.8) is 0 Å². The van der Waals surface area contributed by atoms with E-state index in [0.29, 0.717) is 0 Å². The number of unbranched alkanes of at least 4 members (excludes halogenated alkanes) is 2. The summed E-state index contributed by atoms with van der Waals surface area (Å²) in [6.07, 6.45) is 7.58. The van der Waals surface area contributed by atoms with Crippen LogP contribution in [-0.2, 0) is 13.1 Å². The molecular weight excluding hydrogens is 264 g/mol. The predicted octanol–water partition coefficient (Wildman–Crippen LogP) is 2.98. The molecule has 1 atom stereocenters. The molecule has 0 radical (unpaired) electrons. The molecule has 21 heavy (non-hydrogen) atoms. The molecule has 4 nitrogen and oxygen atoms in total. The lowest BCUT2D eigenvalue weighted by Gasteiger charge is -2.31. The summed E-state index contributed by atoms with van der Waals surface area (Å²) in [5.41, 5.74) is 0.768. The van der Waals surface area contributed by atoms with Crippen molar-refractivity contribution in [2.24, 2.45) is 5.92 Å². The van der Waals surface area contributed by atoms with Gasteiger partial charge in [0, 0.05) is 31.4 Å². The van der Waals surface area contributed by atoms with E-state index >= 15 is 0 Å². The fraction of sp³-hybridized carbons (Fsp3) is 0.706. The van der Waals surface area contributed by atoms with Gasteiger partial charge in [0.05, 0.1) is 6.20 Å². The number of rotatable bonds is 6. The van der Waals surface area contributed by atoms with Gasteiger partial charge in [-0.05, 0) is 31.7 Å². The second-order valence-corrected chi connectivity index (χ2v) is 6.40. The van der Waals surface area contributed by atoms with E-state index in [4.69, 9.17) is 0 Å². The summed E-state index contributed by atoms with van der Waals surface area (Å²) in [6.45, 7) is 8.36. The van der Waals surface area contributed by atoms with E-state index in [1.807, 2.05) is 0 Å². The van der Waals surface area contributed by atoms with Crippen LogP contribution in [0.15, 0.2) is 17.1 Å². The van der Waals surface area contributed by atoms with Gasteiger partial charge in [-0.15, -0.1) is 0 Å². The summed E-state index contributed by atoms with van der Waals surface area (Å²) in [7, 11) is 0. The van der Waals surface area contributed by atoms with Gasteiger partial charge in [0.15, 0.2) is 5.75 Å². The summed E-state index contributed by atoms with van der Waals surface area (Å²) in [4.78, 5) is 14.2. The largest absolute Gasteiger partial charge is 0.503 e. The highest BCUT2D eigenvalue weighted by molar-refractivity contribution is 5.20. The number of piperidine rings is 1. The average molecular weight is 292 g/mol. The first kappa shape index (κ1) is 16.1. The molecule has 1 aliphatic rings. The van der Waals surface area contributed by atoms with E-state index < -0.39 is 0 Å². The molecule has 4 heteroatoms. The van der Waals surface area contributed by atoms with E-state index in [-0.39, 0.29) is 11.2 Å². The number of nitrogens with zero attached hydrogens (tertiary/aromatic N) is 2. The minimum Gasteiger partial charge on any atom is -0.503 e. The average Bonchev–Trinajstić information content (AvgIpc) is 2.44. The summed E-state index contributed by atoms with van der Waals surface area (Å²) in [6, 6.07) is 1.61. The van der Waals surface area contributed by atoms with Gasteiger partial charge in [-0.1, -0.05) is 26.7 Å². The Bertz CT molecular complexity index is 510. The topological polar surface area (TPSA) is 45.5 Å². The quantitative estimate of drug-likeness (QED) is 0.820. The first-order valence-corrected chi connectivity index (χ1v) is 8.24. The molecule has 0 saturated carbocycles. The van der Waals surface area contributed by atoms with Crippen LogP contribution in [0.4, 0.5) is 0 Å². The second kappa shape index (κ2) is 7.64. The third-order valence-corrected chi connectivity index (χ3v) is 4.33. The number of likely N-dealkylation sites (tertiary alicyclic amines) is 1. The molecule has 0 amide bonds. The number of aromatic nitrogens is 1. The zero-order valence-electron chi connectivity index (χ0n) is 13.3. The van der Waals surface area contributed by atoms with Crippen LogP contribution in [0.5, 0.6) is 5.75 Å². The zero-order chi connectivity index (χ0) is 15.2. The van der Waals surface area contributed by atoms with Gasteiger partial charge < -0.3 is 9.67 Å². The summed E-state index contributed by atoms with van der Waals surface area (Å²) in [5.74, 6) is 0.596. The molecule has 0 aliphatic carbocycles. The Morgan fingerprint density at radius 1 is 1.38 bits per heavy atom. The Kier molecular flexibility index (Phi) is 5.85. The smallest absolute Gasteiger partial charge is 0.223 e. The third-order valence-electron chi connectivity index (χ3n) is 4.33. The fourth-order valence-corrected chi connectivity index (χ4v) is 3.14. The molecule has 1 aliphatic heterocycles. The minimum atomic E-state index is -0.262. The highest BCUT2D eigenvalue weighted by Crippen LogP contribution is 2.18. The van der Waals surface area contributed by atoms with E-state index in [1.165, 1.54) is 25.7 Å². The van der Waals surface area contributed by atoms with Crippen molar-refractivity contribution in [3.8, 4) is 5.75 Å². The van der Waals surface area contributed by atoms with E-state index in [9.17, 15) is 9.90 Å². The highest BCUT2D eigenvalue weighted by atomic mass is 16.3. The predicted molar refractivity (Wildman–Crippen MR) is 85.6 cm³/mol. The molecule has 0 bridgehead atoms. The van der Waals surface area contributed by atoms with Gasteiger partial charge in [0.25, 0.3) is 0 Å². The Hall–Kier alpha value is -1.29. The summed E-state index contributed by atoms with van der Waals surface area (Å²) < 4.78 is 2.06. The van der Waals surface area contributed by atoms with E-state index in [1.54, 1.807) is 12.3 Å². The Morgan fingerprint density at radius 3 is 2.90 bits per heavy atom. The first-order chi connectivity index (χ1) is 10.1.